The number of esters is 1. The topological polar surface area (TPSA) is 374 Å². The van der Waals surface area contributed by atoms with Gasteiger partial charge in [-0.1, -0.05) is 19.9 Å². The summed E-state index contributed by atoms with van der Waals surface area (Å²) in [5.41, 5.74) is -2.26. The Kier molecular flexibility index (Phi) is 15.0. The second-order valence-corrected chi connectivity index (χ2v) is 20.8. The van der Waals surface area contributed by atoms with Gasteiger partial charge in [0.15, 0.2) is 18.9 Å². The van der Waals surface area contributed by atoms with Gasteiger partial charge in [0.25, 0.3) is 0 Å². The lowest BCUT2D eigenvalue weighted by atomic mass is 9.41. The van der Waals surface area contributed by atoms with E-state index in [4.69, 9.17) is 37.9 Å². The van der Waals surface area contributed by atoms with Crippen molar-refractivity contribution in [2.45, 2.75) is 200 Å². The summed E-state index contributed by atoms with van der Waals surface area (Å²) in [7, 11) is 0. The van der Waals surface area contributed by atoms with Gasteiger partial charge < -0.3 is 109 Å². The van der Waals surface area contributed by atoms with Crippen LogP contribution >= 0.6 is 0 Å². The molecule has 4 aliphatic carbocycles. The molecule has 8 fully saturated rings. The maximum absolute atomic E-state index is 14.3. The van der Waals surface area contributed by atoms with Crippen molar-refractivity contribution in [2.75, 3.05) is 26.4 Å². The fraction of sp³-hybridized carbons (Fsp3) is 0.932. The smallest absolute Gasteiger partial charge is 0.314 e. The van der Waals surface area contributed by atoms with Gasteiger partial charge in [-0.05, 0) is 86.5 Å². The summed E-state index contributed by atoms with van der Waals surface area (Å²) in [6.07, 6.45) is -28.1. The van der Waals surface area contributed by atoms with Crippen LogP contribution in [0.4, 0.5) is 0 Å². The molecule has 0 amide bonds. The molecule has 1 spiro atoms. The van der Waals surface area contributed by atoms with E-state index in [2.05, 4.69) is 13.5 Å². The Labute approximate surface area is 386 Å². The zero-order valence-electron chi connectivity index (χ0n) is 37.5. The van der Waals surface area contributed by atoms with E-state index < -0.39 is 177 Å². The lowest BCUT2D eigenvalue weighted by Crippen LogP contribution is -2.66. The fourth-order valence-corrected chi connectivity index (χ4v) is 13.4. The molecule has 23 heteroatoms. The van der Waals surface area contributed by atoms with Crippen molar-refractivity contribution in [3.8, 4) is 0 Å². The Morgan fingerprint density at radius 2 is 1.10 bits per heavy atom. The number of hydrogen-bond acceptors (Lipinski definition) is 23. The molecule has 0 radical (unpaired) electrons. The molecule has 14 N–H and O–H groups in total. The highest BCUT2D eigenvalue weighted by molar-refractivity contribution is 5.77. The van der Waals surface area contributed by atoms with Gasteiger partial charge in [-0.25, -0.2) is 0 Å². The maximum atomic E-state index is 14.3. The molecule has 4 saturated heterocycles. The third kappa shape index (κ3) is 8.73. The first kappa shape index (κ1) is 51.7. The molecule has 0 unspecified atom stereocenters. The van der Waals surface area contributed by atoms with E-state index >= 15 is 0 Å². The Hall–Kier alpha value is -1.63. The average molecular weight is 967 g/mol. The maximum Gasteiger partial charge on any atom is 0.314 e. The highest BCUT2D eigenvalue weighted by Crippen LogP contribution is 2.73. The summed E-state index contributed by atoms with van der Waals surface area (Å²) in [6.45, 7) is 5.72. The van der Waals surface area contributed by atoms with Gasteiger partial charge in [0, 0.05) is 0 Å². The third-order valence-electron chi connectivity index (χ3n) is 17.1. The van der Waals surface area contributed by atoms with E-state index in [0.717, 1.165) is 6.42 Å². The predicted molar refractivity (Wildman–Crippen MR) is 219 cm³/mol. The van der Waals surface area contributed by atoms with Crippen molar-refractivity contribution < 1.29 is 114 Å². The van der Waals surface area contributed by atoms with Crippen LogP contribution in [-0.2, 0) is 42.7 Å². The number of fused-ring (bicyclic) bond motifs is 3. The van der Waals surface area contributed by atoms with E-state index in [0.29, 0.717) is 56.9 Å². The molecule has 0 aromatic heterocycles. The summed E-state index contributed by atoms with van der Waals surface area (Å²) < 4.78 is 47.4. The van der Waals surface area contributed by atoms with E-state index in [-0.39, 0.29) is 11.8 Å². The summed E-state index contributed by atoms with van der Waals surface area (Å²) in [6, 6.07) is 0. The Morgan fingerprint density at radius 3 is 1.70 bits per heavy atom. The number of carbonyl (C=O) groups excluding carboxylic acids is 1. The monoisotopic (exact) mass is 966 g/mol. The predicted octanol–water partition coefficient (Wildman–Crippen LogP) is -5.11. The van der Waals surface area contributed by atoms with Crippen LogP contribution in [0.1, 0.15) is 71.6 Å². The van der Waals surface area contributed by atoms with Crippen molar-refractivity contribution in [3.05, 3.63) is 12.2 Å². The highest BCUT2D eigenvalue weighted by Gasteiger charge is 2.69. The van der Waals surface area contributed by atoms with Gasteiger partial charge in [-0.2, -0.15) is 0 Å². The molecular weight excluding hydrogens is 896 g/mol. The van der Waals surface area contributed by atoms with Crippen LogP contribution in [-0.4, -0.2) is 232 Å². The fourth-order valence-electron chi connectivity index (χ4n) is 13.4. The standard InChI is InChI=1S/C44H70O23/c1-17-11-43-9-5-22-41(2,7-4-8-42(22,3)40(59)66-38-34(58)30(54)26(50)20(14-47)63-38)23(43)6-10-44(17,16-43)67-39-35(65-37-33(57)29(53)25(49)19(13-46)62-37)31(55)27(51)21(64-39)15-60-36-32(56)28(52)24(48)18(12-45)61-36/h18-39,45-58H,1,4-16H2,2-3H3/t18-,19-,20-,21-,22+,23+,24-,25-,26-,27-,28+,29+,30+,31+,32-,33-,34-,35-,36+,37+,38+,39+,41-,42-,43-,44+/m1/s1. The first-order chi connectivity index (χ1) is 31.6. The Morgan fingerprint density at radius 1 is 0.597 bits per heavy atom. The first-order valence-corrected chi connectivity index (χ1v) is 23.4. The molecule has 23 nitrogen and oxygen atoms in total. The first-order valence-electron chi connectivity index (χ1n) is 23.4. The van der Waals surface area contributed by atoms with Crippen LogP contribution in [0.15, 0.2) is 12.2 Å². The van der Waals surface area contributed by atoms with Crippen molar-refractivity contribution in [3.63, 3.8) is 0 Å². The van der Waals surface area contributed by atoms with Gasteiger partial charge in [-0.3, -0.25) is 4.79 Å². The second kappa shape index (κ2) is 19.4. The summed E-state index contributed by atoms with van der Waals surface area (Å²) >= 11 is 0. The van der Waals surface area contributed by atoms with Gasteiger partial charge in [0.05, 0.1) is 37.4 Å². The summed E-state index contributed by atoms with van der Waals surface area (Å²) in [5.74, 6) is -0.781. The number of rotatable bonds is 12. The minimum Gasteiger partial charge on any atom is -0.432 e. The average Bonchev–Trinajstić information content (AvgIpc) is 3.50. The number of aliphatic hydroxyl groups is 14. The van der Waals surface area contributed by atoms with Crippen molar-refractivity contribution >= 4 is 5.97 Å². The lowest BCUT2D eigenvalue weighted by Gasteiger charge is -2.64. The van der Waals surface area contributed by atoms with Crippen LogP contribution in [0.5, 0.6) is 0 Å². The Bertz CT molecular complexity index is 1750. The van der Waals surface area contributed by atoms with Crippen LogP contribution in [0.25, 0.3) is 0 Å². The second-order valence-electron chi connectivity index (χ2n) is 20.8. The lowest BCUT2D eigenvalue weighted by molar-refractivity contribution is -0.382. The molecule has 4 heterocycles. The van der Waals surface area contributed by atoms with Crippen molar-refractivity contribution in [1.82, 2.24) is 0 Å². The van der Waals surface area contributed by atoms with Crippen LogP contribution < -0.4 is 0 Å². The van der Waals surface area contributed by atoms with Crippen LogP contribution in [0, 0.1) is 28.1 Å². The van der Waals surface area contributed by atoms with Gasteiger partial charge >= 0.3 is 5.97 Å². The molecule has 2 bridgehead atoms. The van der Waals surface area contributed by atoms with E-state index in [1.165, 1.54) is 0 Å². The largest absolute Gasteiger partial charge is 0.432 e. The molecule has 8 aliphatic rings. The van der Waals surface area contributed by atoms with Crippen molar-refractivity contribution in [1.29, 1.82) is 0 Å². The number of hydrogen-bond donors (Lipinski definition) is 14. The zero-order chi connectivity index (χ0) is 48.7. The normalized spacial score (nSPS) is 54.5. The van der Waals surface area contributed by atoms with E-state index in [1.54, 1.807) is 0 Å². The molecule has 4 aliphatic heterocycles. The molecule has 26 atom stereocenters. The highest BCUT2D eigenvalue weighted by atomic mass is 16.8. The van der Waals surface area contributed by atoms with E-state index in [1.807, 2.05) is 6.92 Å². The third-order valence-corrected chi connectivity index (χ3v) is 17.1. The molecule has 384 valence electrons. The molecular formula is C44H70O23. The summed E-state index contributed by atoms with van der Waals surface area (Å²) in [5, 5.41) is 147. The summed E-state index contributed by atoms with van der Waals surface area (Å²) in [4.78, 5) is 14.3. The molecule has 67 heavy (non-hydrogen) atoms. The molecule has 4 saturated carbocycles. The van der Waals surface area contributed by atoms with Gasteiger partial charge in [-0.15, -0.1) is 0 Å². The van der Waals surface area contributed by atoms with Crippen LogP contribution in [0.2, 0.25) is 0 Å². The quantitative estimate of drug-likeness (QED) is 0.0494. The number of carbonyl (C=O) groups is 1. The number of aliphatic hydroxyl groups excluding tert-OH is 14. The van der Waals surface area contributed by atoms with Gasteiger partial charge in [0.2, 0.25) is 6.29 Å². The Balaban J connectivity index is 1.03. The SMILES string of the molecule is C=C1C[C@@]23CC[C@H]4[C@@](C)(CCC[C@@]4(C)C(=O)O[C@@H]4O[C@H](CO)[C@@H](O)[C@H](O)[C@H]4O)[C@@H]2CC[C@]1(O[C@@H]1O[C@H](CO[C@H]2O[C@H](CO)[C@@H](O)[C@H](O)[C@H]2O)[C@@H](O)[C@H](O)[C@H]1O[C@@H]1O[C@H](CO)[C@@H](O)[C@H](O)[C@H]1O)C3. The zero-order valence-corrected chi connectivity index (χ0v) is 37.5. The molecule has 0 aromatic rings. The minimum atomic E-state index is -1.90. The van der Waals surface area contributed by atoms with Crippen LogP contribution in [0.3, 0.4) is 0 Å². The van der Waals surface area contributed by atoms with E-state index in [9.17, 15) is 76.3 Å². The van der Waals surface area contributed by atoms with Gasteiger partial charge in [0.1, 0.15) is 97.7 Å². The molecule has 0 aromatic carbocycles. The van der Waals surface area contributed by atoms with Crippen molar-refractivity contribution in [2.24, 2.45) is 28.1 Å². The number of ether oxygens (including phenoxy) is 8. The molecule has 8 rings (SSSR count). The minimum absolute atomic E-state index is 0.0370.